The summed E-state index contributed by atoms with van der Waals surface area (Å²) >= 11 is 2.30. The zero-order valence-corrected chi connectivity index (χ0v) is 14.9. The van der Waals surface area contributed by atoms with Crippen LogP contribution in [0.5, 0.6) is 0 Å². The van der Waals surface area contributed by atoms with Crippen molar-refractivity contribution in [3.05, 3.63) is 16.2 Å². The number of aromatic nitrogens is 2. The van der Waals surface area contributed by atoms with Gasteiger partial charge in [0.25, 0.3) is 0 Å². The Morgan fingerprint density at radius 1 is 1.05 bits per heavy atom. The highest BCUT2D eigenvalue weighted by atomic mass is 127. The van der Waals surface area contributed by atoms with Crippen LogP contribution in [-0.4, -0.2) is 9.55 Å². The van der Waals surface area contributed by atoms with Crippen LogP contribution in [-0.2, 0) is 5.54 Å². The third-order valence-electron chi connectivity index (χ3n) is 4.06. The lowest BCUT2D eigenvalue weighted by Gasteiger charge is -2.31. The Bertz CT molecular complexity index is 348. The highest BCUT2D eigenvalue weighted by Crippen LogP contribution is 2.30. The first-order valence-corrected chi connectivity index (χ1v) is 8.90. The van der Waals surface area contributed by atoms with Crippen molar-refractivity contribution < 1.29 is 0 Å². The molecule has 1 atom stereocenters. The van der Waals surface area contributed by atoms with E-state index in [1.807, 2.05) is 6.33 Å². The lowest BCUT2D eigenvalue weighted by atomic mass is 9.88. The number of unbranched alkanes of at least 4 members (excludes halogenated alkanes) is 5. The van der Waals surface area contributed by atoms with Crippen LogP contribution in [0.3, 0.4) is 0 Å². The normalized spacial score (nSPS) is 14.5. The van der Waals surface area contributed by atoms with E-state index in [1.54, 1.807) is 0 Å². The number of halogens is 1. The molecule has 1 heterocycles. The Labute approximate surface area is 132 Å². The van der Waals surface area contributed by atoms with Crippen LogP contribution >= 0.6 is 22.6 Å². The molecule has 0 amide bonds. The van der Waals surface area contributed by atoms with Crippen molar-refractivity contribution in [2.24, 2.45) is 0 Å². The molecule has 0 radical (unpaired) electrons. The molecular formula is C16H29IN2. The second-order valence-corrected chi connectivity index (χ2v) is 6.97. The molecule has 0 fully saturated rings. The van der Waals surface area contributed by atoms with Gasteiger partial charge < -0.3 is 4.57 Å². The Kier molecular flexibility index (Phi) is 8.03. The van der Waals surface area contributed by atoms with Gasteiger partial charge in [-0.05, 0) is 42.4 Å². The number of hydrogen-bond donors (Lipinski definition) is 0. The second kappa shape index (κ2) is 8.98. The molecule has 0 spiro atoms. The summed E-state index contributed by atoms with van der Waals surface area (Å²) in [4.78, 5) is 4.40. The zero-order valence-electron chi connectivity index (χ0n) is 12.8. The van der Waals surface area contributed by atoms with Gasteiger partial charge in [0.15, 0.2) is 0 Å². The largest absolute Gasteiger partial charge is 0.331 e. The molecular weight excluding hydrogens is 347 g/mol. The summed E-state index contributed by atoms with van der Waals surface area (Å²) in [5.41, 5.74) is 0.263. The van der Waals surface area contributed by atoms with Crippen LogP contribution in [0.15, 0.2) is 12.5 Å². The summed E-state index contributed by atoms with van der Waals surface area (Å²) in [7, 11) is 0. The Morgan fingerprint density at radius 3 is 2.26 bits per heavy atom. The number of hydrogen-bond acceptors (Lipinski definition) is 1. The van der Waals surface area contributed by atoms with Gasteiger partial charge >= 0.3 is 0 Å². The third-order valence-corrected chi connectivity index (χ3v) is 4.62. The molecule has 0 bridgehead atoms. The predicted octanol–water partition coefficient (Wildman–Crippen LogP) is 5.75. The van der Waals surface area contributed by atoms with E-state index in [9.17, 15) is 0 Å². The monoisotopic (exact) mass is 376 g/mol. The molecule has 0 saturated heterocycles. The van der Waals surface area contributed by atoms with Crippen molar-refractivity contribution in [1.29, 1.82) is 0 Å². The SMILES string of the molecule is CCCCCCCC(C)(CCCC)n1cnc(I)c1. The molecule has 19 heavy (non-hydrogen) atoms. The standard InChI is InChI=1S/C16H29IN2/c1-4-6-8-9-10-12-16(3,11-7-5-2)19-13-15(17)18-14-19/h13-14H,4-12H2,1-3H3. The van der Waals surface area contributed by atoms with Crippen molar-refractivity contribution in [3.63, 3.8) is 0 Å². The minimum absolute atomic E-state index is 0.263. The van der Waals surface area contributed by atoms with Crippen LogP contribution in [0.2, 0.25) is 0 Å². The fourth-order valence-corrected chi connectivity index (χ4v) is 3.07. The lowest BCUT2D eigenvalue weighted by Crippen LogP contribution is -2.29. The van der Waals surface area contributed by atoms with Crippen molar-refractivity contribution >= 4 is 22.6 Å². The van der Waals surface area contributed by atoms with Crippen LogP contribution in [0.25, 0.3) is 0 Å². The molecule has 3 heteroatoms. The first-order chi connectivity index (χ1) is 9.12. The maximum Gasteiger partial charge on any atom is 0.119 e. The van der Waals surface area contributed by atoms with Gasteiger partial charge in [-0.1, -0.05) is 58.8 Å². The van der Waals surface area contributed by atoms with Gasteiger partial charge in [0.1, 0.15) is 3.70 Å². The maximum atomic E-state index is 4.40. The van der Waals surface area contributed by atoms with Crippen molar-refractivity contribution in [3.8, 4) is 0 Å². The van der Waals surface area contributed by atoms with Crippen molar-refractivity contribution in [2.75, 3.05) is 0 Å². The first-order valence-electron chi connectivity index (χ1n) is 7.82. The summed E-state index contributed by atoms with van der Waals surface area (Å²) in [5.74, 6) is 0. The lowest BCUT2D eigenvalue weighted by molar-refractivity contribution is 0.252. The van der Waals surface area contributed by atoms with E-state index >= 15 is 0 Å². The van der Waals surface area contributed by atoms with Gasteiger partial charge in [-0.2, -0.15) is 0 Å². The molecule has 110 valence electrons. The van der Waals surface area contributed by atoms with Gasteiger partial charge in [-0.25, -0.2) is 4.98 Å². The fourth-order valence-electron chi connectivity index (χ4n) is 2.64. The van der Waals surface area contributed by atoms with Gasteiger partial charge in [-0.15, -0.1) is 0 Å². The third kappa shape index (κ3) is 5.84. The van der Waals surface area contributed by atoms with Gasteiger partial charge in [0.2, 0.25) is 0 Å². The fraction of sp³-hybridized carbons (Fsp3) is 0.812. The Balaban J connectivity index is 2.54. The summed E-state index contributed by atoms with van der Waals surface area (Å²) in [6.07, 6.45) is 16.2. The smallest absolute Gasteiger partial charge is 0.119 e. The topological polar surface area (TPSA) is 17.8 Å². The van der Waals surface area contributed by atoms with E-state index in [-0.39, 0.29) is 5.54 Å². The number of nitrogens with zero attached hydrogens (tertiary/aromatic N) is 2. The average Bonchev–Trinajstić information content (AvgIpc) is 2.83. The predicted molar refractivity (Wildman–Crippen MR) is 91.5 cm³/mol. The van der Waals surface area contributed by atoms with Crippen LogP contribution in [0, 0.1) is 3.70 Å². The highest BCUT2D eigenvalue weighted by molar-refractivity contribution is 14.1. The number of rotatable bonds is 10. The second-order valence-electron chi connectivity index (χ2n) is 5.87. The number of imidazole rings is 1. The molecule has 0 N–H and O–H groups in total. The Hall–Kier alpha value is -0.0600. The van der Waals surface area contributed by atoms with E-state index in [0.29, 0.717) is 0 Å². The van der Waals surface area contributed by atoms with Gasteiger partial charge in [0, 0.05) is 11.7 Å². The van der Waals surface area contributed by atoms with E-state index in [2.05, 4.69) is 59.1 Å². The quantitative estimate of drug-likeness (QED) is 0.375. The van der Waals surface area contributed by atoms with Gasteiger partial charge in [0.05, 0.1) is 6.33 Å². The van der Waals surface area contributed by atoms with Gasteiger partial charge in [-0.3, -0.25) is 0 Å². The highest BCUT2D eigenvalue weighted by Gasteiger charge is 2.25. The van der Waals surface area contributed by atoms with Crippen LogP contribution < -0.4 is 0 Å². The molecule has 0 aliphatic carbocycles. The van der Waals surface area contributed by atoms with E-state index in [0.717, 1.165) is 3.70 Å². The molecule has 0 aromatic carbocycles. The first kappa shape index (κ1) is 17.0. The maximum absolute atomic E-state index is 4.40. The van der Waals surface area contributed by atoms with Crippen molar-refractivity contribution in [2.45, 2.75) is 84.1 Å². The van der Waals surface area contributed by atoms with E-state index < -0.39 is 0 Å². The molecule has 0 aliphatic rings. The summed E-state index contributed by atoms with van der Waals surface area (Å²) in [6.45, 7) is 6.96. The van der Waals surface area contributed by atoms with Crippen molar-refractivity contribution in [1.82, 2.24) is 9.55 Å². The molecule has 2 nitrogen and oxygen atoms in total. The molecule has 0 aliphatic heterocycles. The Morgan fingerprint density at radius 2 is 1.68 bits per heavy atom. The minimum atomic E-state index is 0.263. The van der Waals surface area contributed by atoms with E-state index in [4.69, 9.17) is 0 Å². The molecule has 1 aromatic rings. The molecule has 1 aromatic heterocycles. The van der Waals surface area contributed by atoms with E-state index in [1.165, 1.54) is 57.8 Å². The summed E-state index contributed by atoms with van der Waals surface area (Å²) < 4.78 is 3.45. The summed E-state index contributed by atoms with van der Waals surface area (Å²) in [6, 6.07) is 0. The molecule has 1 unspecified atom stereocenters. The summed E-state index contributed by atoms with van der Waals surface area (Å²) in [5, 5.41) is 0. The molecule has 0 saturated carbocycles. The van der Waals surface area contributed by atoms with Crippen LogP contribution in [0.4, 0.5) is 0 Å². The van der Waals surface area contributed by atoms with Crippen LogP contribution in [0.1, 0.15) is 78.6 Å². The zero-order chi connectivity index (χ0) is 14.1. The minimum Gasteiger partial charge on any atom is -0.331 e. The average molecular weight is 376 g/mol. The molecule has 1 rings (SSSR count).